The number of thioether (sulfide) groups is 1. The van der Waals surface area contributed by atoms with Crippen molar-refractivity contribution in [3.05, 3.63) is 64.7 Å². The fraction of sp³-hybridized carbons (Fsp3) is 0.316. The van der Waals surface area contributed by atoms with Crippen molar-refractivity contribution >= 4 is 29.3 Å². The number of hydrogen-bond acceptors (Lipinski definition) is 2. The van der Waals surface area contributed by atoms with Gasteiger partial charge in [0.05, 0.1) is 5.25 Å². The van der Waals surface area contributed by atoms with Crippen LogP contribution in [0.25, 0.3) is 0 Å². The van der Waals surface area contributed by atoms with Gasteiger partial charge in [-0.25, -0.2) is 0 Å². The lowest BCUT2D eigenvalue weighted by molar-refractivity contribution is -0.120. The van der Waals surface area contributed by atoms with Gasteiger partial charge in [0, 0.05) is 16.5 Å². The molecule has 0 unspecified atom stereocenters. The van der Waals surface area contributed by atoms with Crippen LogP contribution in [0.15, 0.2) is 53.4 Å². The molecule has 0 saturated carbocycles. The Morgan fingerprint density at radius 1 is 1.22 bits per heavy atom. The zero-order valence-corrected chi connectivity index (χ0v) is 15.1. The van der Waals surface area contributed by atoms with Gasteiger partial charge in [-0.05, 0) is 56.5 Å². The normalized spacial score (nSPS) is 12.0. The lowest BCUT2D eigenvalue weighted by Gasteiger charge is -2.12. The van der Waals surface area contributed by atoms with Crippen LogP contribution >= 0.6 is 23.4 Å². The molecule has 0 aliphatic heterocycles. The van der Waals surface area contributed by atoms with Crippen molar-refractivity contribution in [3.8, 4) is 0 Å². The predicted octanol–water partition coefficient (Wildman–Crippen LogP) is 4.88. The zero-order chi connectivity index (χ0) is 16.7. The third kappa shape index (κ3) is 6.28. The number of rotatable bonds is 7. The van der Waals surface area contributed by atoms with Crippen LogP contribution < -0.4 is 5.32 Å². The maximum atomic E-state index is 12.1. The summed E-state index contributed by atoms with van der Waals surface area (Å²) >= 11 is 7.41. The molecule has 0 aliphatic rings. The minimum absolute atomic E-state index is 0.0780. The van der Waals surface area contributed by atoms with Gasteiger partial charge in [0.2, 0.25) is 5.91 Å². The van der Waals surface area contributed by atoms with Crippen molar-refractivity contribution in [1.29, 1.82) is 0 Å². The van der Waals surface area contributed by atoms with Crippen LogP contribution in [0.5, 0.6) is 0 Å². The summed E-state index contributed by atoms with van der Waals surface area (Å²) in [5.74, 6) is 0.0780. The van der Waals surface area contributed by atoms with Crippen LogP contribution in [0.2, 0.25) is 5.02 Å². The van der Waals surface area contributed by atoms with E-state index in [2.05, 4.69) is 36.5 Å². The Kier molecular flexibility index (Phi) is 7.00. The summed E-state index contributed by atoms with van der Waals surface area (Å²) < 4.78 is 0. The molecule has 0 aliphatic carbocycles. The van der Waals surface area contributed by atoms with Gasteiger partial charge in [-0.1, -0.05) is 41.4 Å². The lowest BCUT2D eigenvalue weighted by atomic mass is 10.1. The van der Waals surface area contributed by atoms with Crippen LogP contribution in [0.3, 0.4) is 0 Å². The monoisotopic (exact) mass is 347 g/mol. The average molecular weight is 348 g/mol. The Bertz CT molecular complexity index is 642. The second kappa shape index (κ2) is 8.99. The van der Waals surface area contributed by atoms with Crippen molar-refractivity contribution in [2.24, 2.45) is 0 Å². The van der Waals surface area contributed by atoms with Gasteiger partial charge in [-0.2, -0.15) is 0 Å². The Hall–Kier alpha value is -1.45. The Labute approximate surface area is 147 Å². The van der Waals surface area contributed by atoms with Crippen LogP contribution in [-0.4, -0.2) is 17.7 Å². The van der Waals surface area contributed by atoms with E-state index in [0.29, 0.717) is 11.6 Å². The molecule has 4 heteroatoms. The van der Waals surface area contributed by atoms with Gasteiger partial charge in [0.25, 0.3) is 0 Å². The molecule has 0 bridgehead atoms. The highest BCUT2D eigenvalue weighted by Crippen LogP contribution is 2.24. The Morgan fingerprint density at radius 2 is 1.96 bits per heavy atom. The lowest BCUT2D eigenvalue weighted by Crippen LogP contribution is -2.31. The van der Waals surface area contributed by atoms with Gasteiger partial charge in [0.1, 0.15) is 0 Å². The molecule has 1 amide bonds. The van der Waals surface area contributed by atoms with E-state index in [1.807, 2.05) is 31.2 Å². The first-order valence-electron chi connectivity index (χ1n) is 7.80. The third-order valence-corrected chi connectivity index (χ3v) is 4.88. The first-order valence-corrected chi connectivity index (χ1v) is 9.06. The molecule has 2 aromatic carbocycles. The fourth-order valence-electron chi connectivity index (χ4n) is 2.29. The van der Waals surface area contributed by atoms with E-state index in [1.54, 1.807) is 11.8 Å². The molecular weight excluding hydrogens is 326 g/mol. The minimum Gasteiger partial charge on any atom is -0.355 e. The third-order valence-electron chi connectivity index (χ3n) is 3.52. The van der Waals surface area contributed by atoms with Crippen molar-refractivity contribution in [3.63, 3.8) is 0 Å². The molecule has 0 aromatic heterocycles. The Morgan fingerprint density at radius 3 is 2.65 bits per heavy atom. The van der Waals surface area contributed by atoms with Gasteiger partial charge in [-0.15, -0.1) is 11.8 Å². The van der Waals surface area contributed by atoms with Crippen molar-refractivity contribution in [2.75, 3.05) is 6.54 Å². The summed E-state index contributed by atoms with van der Waals surface area (Å²) in [4.78, 5) is 13.2. The van der Waals surface area contributed by atoms with E-state index in [-0.39, 0.29) is 11.2 Å². The summed E-state index contributed by atoms with van der Waals surface area (Å²) in [5, 5.41) is 3.61. The minimum atomic E-state index is -0.116. The highest BCUT2D eigenvalue weighted by molar-refractivity contribution is 8.00. The molecule has 23 heavy (non-hydrogen) atoms. The van der Waals surface area contributed by atoms with E-state index in [0.717, 1.165) is 17.7 Å². The predicted molar refractivity (Wildman–Crippen MR) is 99.3 cm³/mol. The van der Waals surface area contributed by atoms with Crippen LogP contribution in [0, 0.1) is 6.92 Å². The topological polar surface area (TPSA) is 29.1 Å². The Balaban J connectivity index is 1.70. The smallest absolute Gasteiger partial charge is 0.233 e. The number of carbonyl (C=O) groups is 1. The second-order valence-corrected chi connectivity index (χ2v) is 7.45. The molecule has 0 radical (unpaired) electrons. The summed E-state index contributed by atoms with van der Waals surface area (Å²) in [6, 6.07) is 16.1. The summed E-state index contributed by atoms with van der Waals surface area (Å²) in [5.41, 5.74) is 2.60. The quantitative estimate of drug-likeness (QED) is 0.571. The fourth-order valence-corrected chi connectivity index (χ4v) is 3.30. The molecular formula is C19H22ClNOS. The number of carbonyl (C=O) groups excluding carboxylic acids is 1. The van der Waals surface area contributed by atoms with Gasteiger partial charge in [-0.3, -0.25) is 4.79 Å². The highest BCUT2D eigenvalue weighted by atomic mass is 35.5. The highest BCUT2D eigenvalue weighted by Gasteiger charge is 2.13. The number of amides is 1. The van der Waals surface area contributed by atoms with Gasteiger partial charge >= 0.3 is 0 Å². The van der Waals surface area contributed by atoms with Gasteiger partial charge in [0.15, 0.2) is 0 Å². The average Bonchev–Trinajstić information content (AvgIpc) is 2.53. The molecule has 1 atom stereocenters. The van der Waals surface area contributed by atoms with Crippen LogP contribution in [0.4, 0.5) is 0 Å². The zero-order valence-electron chi connectivity index (χ0n) is 13.5. The van der Waals surface area contributed by atoms with Gasteiger partial charge < -0.3 is 5.32 Å². The molecule has 1 N–H and O–H groups in total. The molecule has 0 heterocycles. The van der Waals surface area contributed by atoms with Crippen molar-refractivity contribution < 1.29 is 4.79 Å². The summed E-state index contributed by atoms with van der Waals surface area (Å²) in [7, 11) is 0. The molecule has 0 spiro atoms. The van der Waals surface area contributed by atoms with E-state index in [4.69, 9.17) is 11.6 Å². The van der Waals surface area contributed by atoms with Crippen LogP contribution in [0.1, 0.15) is 24.5 Å². The summed E-state index contributed by atoms with van der Waals surface area (Å²) in [6.45, 7) is 4.73. The van der Waals surface area contributed by atoms with Crippen molar-refractivity contribution in [2.45, 2.75) is 36.8 Å². The number of aryl methyl sites for hydroxylation is 2. The molecule has 0 fully saturated rings. The maximum Gasteiger partial charge on any atom is 0.233 e. The molecule has 2 rings (SSSR count). The standard InChI is InChI=1S/C19H22ClNOS/c1-14-5-3-6-16(13-14)7-4-12-21-19(22)15(2)23-18-10-8-17(20)9-11-18/h3,5-6,8-11,13,15H,4,7,12H2,1-2H3,(H,21,22)/t15-/m1/s1. The molecule has 2 nitrogen and oxygen atoms in total. The number of hydrogen-bond donors (Lipinski definition) is 1. The SMILES string of the molecule is Cc1cccc(CCCNC(=O)[C@@H](C)Sc2ccc(Cl)cc2)c1. The van der Waals surface area contributed by atoms with E-state index >= 15 is 0 Å². The van der Waals surface area contributed by atoms with Crippen molar-refractivity contribution in [1.82, 2.24) is 5.32 Å². The molecule has 2 aromatic rings. The van der Waals surface area contributed by atoms with E-state index in [9.17, 15) is 4.79 Å². The summed E-state index contributed by atoms with van der Waals surface area (Å²) in [6.07, 6.45) is 1.94. The first kappa shape index (κ1) is 17.9. The second-order valence-electron chi connectivity index (χ2n) is 5.60. The molecule has 0 saturated heterocycles. The first-order chi connectivity index (χ1) is 11.0. The molecule has 122 valence electrons. The largest absolute Gasteiger partial charge is 0.355 e. The van der Waals surface area contributed by atoms with E-state index in [1.165, 1.54) is 11.1 Å². The number of benzene rings is 2. The number of nitrogens with one attached hydrogen (secondary N) is 1. The number of halogens is 1. The van der Waals surface area contributed by atoms with E-state index < -0.39 is 0 Å². The maximum absolute atomic E-state index is 12.1. The van der Waals surface area contributed by atoms with Crippen LogP contribution in [-0.2, 0) is 11.2 Å².